The minimum Gasteiger partial charge on any atom is -0.483 e. The summed E-state index contributed by atoms with van der Waals surface area (Å²) in [5.41, 5.74) is 1.16. The second-order valence-corrected chi connectivity index (χ2v) is 8.13. The molecule has 1 aliphatic heterocycles. The smallest absolute Gasteiger partial charge is 0.237 e. The number of nitrogens with zero attached hydrogens (tertiary/aromatic N) is 1. The molecule has 29 heavy (non-hydrogen) atoms. The van der Waals surface area contributed by atoms with Crippen molar-refractivity contribution in [1.29, 1.82) is 0 Å². The number of hydrogen-bond donors (Lipinski definition) is 0. The van der Waals surface area contributed by atoms with Crippen LogP contribution in [0.15, 0.2) is 54.6 Å². The van der Waals surface area contributed by atoms with Gasteiger partial charge in [0, 0.05) is 5.56 Å². The summed E-state index contributed by atoms with van der Waals surface area (Å²) in [7, 11) is 0. The SMILES string of the molecule is CC1CCC2C(=O)N(c3ccc(OC(C)C(=O)c4ccccc4)cc3)C(=O)C2C1. The number of amides is 2. The molecule has 4 unspecified atom stereocenters. The number of rotatable bonds is 5. The highest BCUT2D eigenvalue weighted by molar-refractivity contribution is 6.22. The summed E-state index contributed by atoms with van der Waals surface area (Å²) < 4.78 is 5.77. The summed E-state index contributed by atoms with van der Waals surface area (Å²) in [4.78, 5) is 39.4. The van der Waals surface area contributed by atoms with Crippen molar-refractivity contribution in [2.24, 2.45) is 17.8 Å². The number of carbonyl (C=O) groups is 3. The third-order valence-electron chi connectivity index (χ3n) is 6.02. The van der Waals surface area contributed by atoms with Crippen LogP contribution in [-0.4, -0.2) is 23.7 Å². The predicted molar refractivity (Wildman–Crippen MR) is 110 cm³/mol. The lowest BCUT2D eigenvalue weighted by molar-refractivity contribution is -0.122. The van der Waals surface area contributed by atoms with Crippen LogP contribution in [0.5, 0.6) is 5.75 Å². The monoisotopic (exact) mass is 391 g/mol. The van der Waals surface area contributed by atoms with Gasteiger partial charge < -0.3 is 4.74 Å². The Bertz CT molecular complexity index is 922. The zero-order chi connectivity index (χ0) is 20.5. The maximum absolute atomic E-state index is 12.8. The highest BCUT2D eigenvalue weighted by Crippen LogP contribution is 2.42. The van der Waals surface area contributed by atoms with Gasteiger partial charge in [0.05, 0.1) is 17.5 Å². The Morgan fingerprint density at radius 1 is 0.966 bits per heavy atom. The van der Waals surface area contributed by atoms with E-state index >= 15 is 0 Å². The number of fused-ring (bicyclic) bond motifs is 1. The molecule has 4 rings (SSSR count). The number of Topliss-reactive ketones (excluding diaryl/α,β-unsaturated/α-hetero) is 1. The van der Waals surface area contributed by atoms with Crippen LogP contribution in [0, 0.1) is 17.8 Å². The average molecular weight is 391 g/mol. The van der Waals surface area contributed by atoms with Crippen molar-refractivity contribution >= 4 is 23.3 Å². The Hall–Kier alpha value is -2.95. The van der Waals surface area contributed by atoms with Gasteiger partial charge in [-0.05, 0) is 56.4 Å². The molecule has 2 aromatic carbocycles. The number of ether oxygens (including phenoxy) is 1. The van der Waals surface area contributed by atoms with Crippen molar-refractivity contribution in [3.05, 3.63) is 60.2 Å². The highest BCUT2D eigenvalue weighted by Gasteiger charge is 2.49. The lowest BCUT2D eigenvalue weighted by Gasteiger charge is -2.25. The van der Waals surface area contributed by atoms with Crippen LogP contribution >= 0.6 is 0 Å². The van der Waals surface area contributed by atoms with Crippen LogP contribution in [0.1, 0.15) is 43.5 Å². The zero-order valence-electron chi connectivity index (χ0n) is 16.7. The molecule has 0 N–H and O–H groups in total. The Morgan fingerprint density at radius 3 is 2.31 bits per heavy atom. The first-order chi connectivity index (χ1) is 14.0. The van der Waals surface area contributed by atoms with Crippen LogP contribution in [-0.2, 0) is 9.59 Å². The number of imide groups is 1. The lowest BCUT2D eigenvalue weighted by atomic mass is 9.76. The molecule has 5 heteroatoms. The van der Waals surface area contributed by atoms with Crippen molar-refractivity contribution in [2.45, 2.75) is 39.2 Å². The molecule has 1 aliphatic carbocycles. The van der Waals surface area contributed by atoms with E-state index in [-0.39, 0.29) is 29.4 Å². The molecule has 150 valence electrons. The number of anilines is 1. The van der Waals surface area contributed by atoms with Crippen LogP contribution < -0.4 is 9.64 Å². The molecule has 1 saturated heterocycles. The lowest BCUT2D eigenvalue weighted by Crippen LogP contribution is -2.30. The van der Waals surface area contributed by atoms with Crippen molar-refractivity contribution in [2.75, 3.05) is 4.90 Å². The van der Waals surface area contributed by atoms with Crippen LogP contribution in [0.2, 0.25) is 0 Å². The van der Waals surface area contributed by atoms with Crippen molar-refractivity contribution < 1.29 is 19.1 Å². The van der Waals surface area contributed by atoms with Gasteiger partial charge in [0.1, 0.15) is 5.75 Å². The first-order valence-corrected chi connectivity index (χ1v) is 10.2. The molecule has 0 aromatic heterocycles. The minimum atomic E-state index is -0.636. The number of benzene rings is 2. The van der Waals surface area contributed by atoms with Gasteiger partial charge in [0.15, 0.2) is 6.10 Å². The van der Waals surface area contributed by atoms with E-state index in [1.165, 1.54) is 4.90 Å². The van der Waals surface area contributed by atoms with Gasteiger partial charge in [0.25, 0.3) is 0 Å². The first-order valence-electron chi connectivity index (χ1n) is 10.2. The van der Waals surface area contributed by atoms with Gasteiger partial charge >= 0.3 is 0 Å². The molecule has 2 fully saturated rings. The van der Waals surface area contributed by atoms with E-state index in [2.05, 4.69) is 6.92 Å². The van der Waals surface area contributed by atoms with E-state index in [1.807, 2.05) is 18.2 Å². The molecule has 5 nitrogen and oxygen atoms in total. The van der Waals surface area contributed by atoms with E-state index in [9.17, 15) is 14.4 Å². The van der Waals surface area contributed by atoms with Crippen molar-refractivity contribution in [1.82, 2.24) is 0 Å². The second kappa shape index (κ2) is 7.82. The third kappa shape index (κ3) is 3.69. The summed E-state index contributed by atoms with van der Waals surface area (Å²) >= 11 is 0. The Kier molecular flexibility index (Phi) is 5.22. The number of ketones is 1. The van der Waals surface area contributed by atoms with Gasteiger partial charge in [-0.25, -0.2) is 0 Å². The molecule has 2 amide bonds. The predicted octanol–water partition coefficient (Wildman–Crippen LogP) is 4.26. The van der Waals surface area contributed by atoms with Crippen LogP contribution in [0.3, 0.4) is 0 Å². The molecule has 0 bridgehead atoms. The molecular weight excluding hydrogens is 366 g/mol. The molecule has 2 aromatic rings. The molecule has 0 spiro atoms. The van der Waals surface area contributed by atoms with E-state index in [4.69, 9.17) is 4.74 Å². The molecule has 4 atom stereocenters. The van der Waals surface area contributed by atoms with Crippen LogP contribution in [0.4, 0.5) is 5.69 Å². The van der Waals surface area contributed by atoms with Gasteiger partial charge in [0.2, 0.25) is 17.6 Å². The number of hydrogen-bond acceptors (Lipinski definition) is 4. The summed E-state index contributed by atoms with van der Waals surface area (Å²) in [6, 6.07) is 15.8. The number of carbonyl (C=O) groups excluding carboxylic acids is 3. The molecule has 1 saturated carbocycles. The largest absolute Gasteiger partial charge is 0.483 e. The Morgan fingerprint density at radius 2 is 1.62 bits per heavy atom. The Labute approximate surface area is 170 Å². The van der Waals surface area contributed by atoms with E-state index in [0.29, 0.717) is 22.9 Å². The van der Waals surface area contributed by atoms with E-state index in [1.54, 1.807) is 43.3 Å². The quantitative estimate of drug-likeness (QED) is 0.564. The standard InChI is InChI=1S/C24H25NO4/c1-15-8-13-20-21(14-15)24(28)25(23(20)27)18-9-11-19(12-10-18)29-16(2)22(26)17-6-4-3-5-7-17/h3-7,9-12,15-16,20-21H,8,13-14H2,1-2H3. The van der Waals surface area contributed by atoms with Crippen molar-refractivity contribution in [3.8, 4) is 5.75 Å². The summed E-state index contributed by atoms with van der Waals surface area (Å²) in [6.07, 6.45) is 1.93. The van der Waals surface area contributed by atoms with Crippen molar-refractivity contribution in [3.63, 3.8) is 0 Å². The maximum atomic E-state index is 12.8. The average Bonchev–Trinajstić information content (AvgIpc) is 2.98. The van der Waals surface area contributed by atoms with Crippen LogP contribution in [0.25, 0.3) is 0 Å². The fourth-order valence-electron chi connectivity index (χ4n) is 4.41. The minimum absolute atomic E-state index is 0.0896. The van der Waals surface area contributed by atoms with E-state index < -0.39 is 6.10 Å². The van der Waals surface area contributed by atoms with Gasteiger partial charge in [-0.15, -0.1) is 0 Å². The summed E-state index contributed by atoms with van der Waals surface area (Å²) in [5.74, 6) is 0.352. The first kappa shape index (κ1) is 19.4. The second-order valence-electron chi connectivity index (χ2n) is 8.13. The summed E-state index contributed by atoms with van der Waals surface area (Å²) in [6.45, 7) is 3.85. The maximum Gasteiger partial charge on any atom is 0.237 e. The van der Waals surface area contributed by atoms with Gasteiger partial charge in [-0.3, -0.25) is 19.3 Å². The zero-order valence-corrected chi connectivity index (χ0v) is 16.7. The fraction of sp³-hybridized carbons (Fsp3) is 0.375. The molecule has 0 radical (unpaired) electrons. The highest BCUT2D eigenvalue weighted by atomic mass is 16.5. The third-order valence-corrected chi connectivity index (χ3v) is 6.02. The topological polar surface area (TPSA) is 63.7 Å². The fourth-order valence-corrected chi connectivity index (χ4v) is 4.41. The van der Waals surface area contributed by atoms with Gasteiger partial charge in [-0.1, -0.05) is 37.3 Å². The molecular formula is C24H25NO4. The summed E-state index contributed by atoms with van der Waals surface area (Å²) in [5, 5.41) is 0. The normalized spacial score (nSPS) is 24.9. The molecule has 2 aliphatic rings. The Balaban J connectivity index is 1.46. The van der Waals surface area contributed by atoms with E-state index in [0.717, 1.165) is 19.3 Å². The molecule has 1 heterocycles. The van der Waals surface area contributed by atoms with Gasteiger partial charge in [-0.2, -0.15) is 0 Å².